The van der Waals surface area contributed by atoms with Crippen LogP contribution in [0.25, 0.3) is 0 Å². The van der Waals surface area contributed by atoms with Crippen molar-refractivity contribution < 1.29 is 26.4 Å². The van der Waals surface area contributed by atoms with Gasteiger partial charge in [0.25, 0.3) is 0 Å². The average Bonchev–Trinajstić information content (AvgIpc) is 2.77. The van der Waals surface area contributed by atoms with Crippen LogP contribution >= 0.6 is 11.6 Å². The number of hydrogen-bond acceptors (Lipinski definition) is 7. The molecule has 4 N–H and O–H groups in total. The number of hydrogen-bond donors (Lipinski definition) is 3. The molecule has 0 radical (unpaired) electrons. The number of halogens is 4. The van der Waals surface area contributed by atoms with Gasteiger partial charge in [0.1, 0.15) is 11.4 Å². The molecule has 1 heterocycles. The summed E-state index contributed by atoms with van der Waals surface area (Å²) in [5, 5.41) is 5.67. The quantitative estimate of drug-likeness (QED) is 0.386. The Kier molecular flexibility index (Phi) is 7.65. The highest BCUT2D eigenvalue weighted by atomic mass is 35.5. The summed E-state index contributed by atoms with van der Waals surface area (Å²) in [6.45, 7) is 1.51. The molecule has 3 rings (SSSR count). The lowest BCUT2D eigenvalue weighted by Gasteiger charge is -2.21. The number of carbonyl (C=O) groups is 1. The molecule has 1 aromatic heterocycles. The molecular weight excluding hydrogens is 521 g/mol. The minimum atomic E-state index is -4.77. The zero-order chi connectivity index (χ0) is 26.8. The number of rotatable bonds is 8. The van der Waals surface area contributed by atoms with Crippen LogP contribution in [0.2, 0.25) is 5.02 Å². The van der Waals surface area contributed by atoms with Gasteiger partial charge >= 0.3 is 6.18 Å². The number of primary amides is 1. The third-order valence-corrected chi connectivity index (χ3v) is 6.62. The molecule has 0 bridgehead atoms. The van der Waals surface area contributed by atoms with E-state index >= 15 is 0 Å². The van der Waals surface area contributed by atoms with Gasteiger partial charge in [-0.2, -0.15) is 18.2 Å². The molecule has 36 heavy (non-hydrogen) atoms. The highest BCUT2D eigenvalue weighted by Gasteiger charge is 2.35. The summed E-state index contributed by atoms with van der Waals surface area (Å²) < 4.78 is 66.0. The van der Waals surface area contributed by atoms with Gasteiger partial charge in [0.05, 0.1) is 11.9 Å². The molecule has 1 amide bonds. The third-order valence-electron chi connectivity index (χ3n) is 5.19. The summed E-state index contributed by atoms with van der Waals surface area (Å²) in [5.41, 5.74) is 5.98. The lowest BCUT2D eigenvalue weighted by molar-refractivity contribution is -0.137. The van der Waals surface area contributed by atoms with Gasteiger partial charge in [-0.05, 0) is 42.3 Å². The van der Waals surface area contributed by atoms with Crippen molar-refractivity contribution in [2.45, 2.75) is 19.6 Å². The van der Waals surface area contributed by atoms with E-state index in [0.717, 1.165) is 10.6 Å². The van der Waals surface area contributed by atoms with Gasteiger partial charge in [0.2, 0.25) is 21.9 Å². The number of benzene rings is 2. The zero-order valence-electron chi connectivity index (χ0n) is 19.3. The van der Waals surface area contributed by atoms with Gasteiger partial charge in [-0.15, -0.1) is 0 Å². The number of amides is 1. The minimum Gasteiger partial charge on any atom is -0.366 e. The maximum atomic E-state index is 13.7. The highest BCUT2D eigenvalue weighted by molar-refractivity contribution is 7.92. The first kappa shape index (κ1) is 27.0. The summed E-state index contributed by atoms with van der Waals surface area (Å²) in [4.78, 5) is 19.2. The van der Waals surface area contributed by atoms with E-state index in [4.69, 9.17) is 17.3 Å². The summed E-state index contributed by atoms with van der Waals surface area (Å²) >= 11 is 6.01. The van der Waals surface area contributed by atoms with Crippen molar-refractivity contribution in [2.75, 3.05) is 28.2 Å². The van der Waals surface area contributed by atoms with Crippen molar-refractivity contribution in [3.63, 3.8) is 0 Å². The van der Waals surface area contributed by atoms with Crippen molar-refractivity contribution in [3.05, 3.63) is 69.9 Å². The molecule has 0 aliphatic heterocycles. The molecule has 9 nitrogen and oxygen atoms in total. The Bertz CT molecular complexity index is 1420. The van der Waals surface area contributed by atoms with E-state index in [1.54, 1.807) is 13.0 Å². The number of alkyl halides is 3. The van der Waals surface area contributed by atoms with Crippen molar-refractivity contribution >= 4 is 50.7 Å². The van der Waals surface area contributed by atoms with Gasteiger partial charge in [-0.3, -0.25) is 9.10 Å². The topological polar surface area (TPSA) is 130 Å². The van der Waals surface area contributed by atoms with Crippen molar-refractivity contribution in [1.82, 2.24) is 9.97 Å². The predicted molar refractivity (Wildman–Crippen MR) is 132 cm³/mol. The molecule has 3 aromatic rings. The Labute approximate surface area is 210 Å². The highest BCUT2D eigenvalue weighted by Crippen LogP contribution is 2.35. The SMILES string of the molecule is Cc1ccc(C(N)=O)cc1Nc1ncc(C(F)(F)F)c(NCc2ccc(Cl)cc2N(C)S(C)(=O)=O)n1. The second-order valence-corrected chi connectivity index (χ2v) is 10.3. The fraction of sp³-hybridized carbons (Fsp3) is 0.227. The van der Waals surface area contributed by atoms with E-state index in [2.05, 4.69) is 20.6 Å². The van der Waals surface area contributed by atoms with Gasteiger partial charge in [0.15, 0.2) is 0 Å². The van der Waals surface area contributed by atoms with Gasteiger partial charge in [-0.1, -0.05) is 23.7 Å². The fourth-order valence-electron chi connectivity index (χ4n) is 3.15. The average molecular weight is 543 g/mol. The molecule has 0 unspecified atom stereocenters. The summed E-state index contributed by atoms with van der Waals surface area (Å²) in [7, 11) is -2.36. The van der Waals surface area contributed by atoms with Crippen molar-refractivity contribution in [2.24, 2.45) is 5.73 Å². The van der Waals surface area contributed by atoms with Crippen LogP contribution in [0.5, 0.6) is 0 Å². The second kappa shape index (κ2) is 10.2. The van der Waals surface area contributed by atoms with Gasteiger partial charge in [-0.25, -0.2) is 13.4 Å². The molecule has 0 saturated heterocycles. The van der Waals surface area contributed by atoms with Crippen LogP contribution in [-0.4, -0.2) is 37.6 Å². The first-order chi connectivity index (χ1) is 16.7. The van der Waals surface area contributed by atoms with Crippen LogP contribution in [0.15, 0.2) is 42.6 Å². The molecule has 0 saturated carbocycles. The maximum Gasteiger partial charge on any atom is 0.421 e. The van der Waals surface area contributed by atoms with Crippen molar-refractivity contribution in [1.29, 1.82) is 0 Å². The molecule has 14 heteroatoms. The molecule has 2 aromatic carbocycles. The Morgan fingerprint density at radius 1 is 1.19 bits per heavy atom. The fourth-order valence-corrected chi connectivity index (χ4v) is 3.85. The number of aryl methyl sites for hydroxylation is 1. The summed E-state index contributed by atoms with van der Waals surface area (Å²) in [5.74, 6) is -1.38. The first-order valence-corrected chi connectivity index (χ1v) is 12.5. The largest absolute Gasteiger partial charge is 0.421 e. The Morgan fingerprint density at radius 3 is 2.50 bits per heavy atom. The van der Waals surface area contributed by atoms with E-state index in [0.29, 0.717) is 23.0 Å². The molecule has 0 aliphatic rings. The molecule has 192 valence electrons. The summed E-state index contributed by atoms with van der Waals surface area (Å²) in [6.07, 6.45) is -3.16. The lowest BCUT2D eigenvalue weighted by Crippen LogP contribution is -2.26. The number of carbonyl (C=O) groups excluding carboxylic acids is 1. The molecule has 0 spiro atoms. The third kappa shape index (κ3) is 6.34. The summed E-state index contributed by atoms with van der Waals surface area (Å²) in [6, 6.07) is 8.95. The maximum absolute atomic E-state index is 13.7. The Balaban J connectivity index is 1.97. The van der Waals surface area contributed by atoms with E-state index < -0.39 is 33.5 Å². The van der Waals surface area contributed by atoms with Crippen LogP contribution in [0.1, 0.15) is 27.0 Å². The van der Waals surface area contributed by atoms with Crippen LogP contribution in [0.4, 0.5) is 36.3 Å². The molecule has 0 atom stereocenters. The Morgan fingerprint density at radius 2 is 1.89 bits per heavy atom. The van der Waals surface area contributed by atoms with E-state index in [9.17, 15) is 26.4 Å². The molecule has 0 fully saturated rings. The van der Waals surface area contributed by atoms with E-state index in [1.807, 2.05) is 0 Å². The monoisotopic (exact) mass is 542 g/mol. The van der Waals surface area contributed by atoms with Crippen LogP contribution in [0, 0.1) is 6.92 Å². The second-order valence-electron chi connectivity index (χ2n) is 7.83. The van der Waals surface area contributed by atoms with Gasteiger partial charge < -0.3 is 16.4 Å². The number of nitrogens with two attached hydrogens (primary N) is 1. The number of sulfonamides is 1. The van der Waals surface area contributed by atoms with Crippen LogP contribution in [0.3, 0.4) is 0 Å². The normalized spacial score (nSPS) is 11.8. The molecule has 0 aliphatic carbocycles. The number of aromatic nitrogens is 2. The predicted octanol–water partition coefficient (Wildman–Crippen LogP) is 4.31. The van der Waals surface area contributed by atoms with E-state index in [1.165, 1.54) is 37.4 Å². The number of nitrogens with one attached hydrogen (secondary N) is 2. The zero-order valence-corrected chi connectivity index (χ0v) is 20.9. The standard InChI is InChI=1S/C22H22ClF3N6O3S/c1-12-4-5-13(19(27)33)8-17(12)30-21-29-11-16(22(24,25)26)20(31-21)28-10-14-6-7-15(23)9-18(14)32(2)36(3,34)35/h4-9,11H,10H2,1-3H3,(H2,27,33)(H2,28,29,30,31). The van der Waals surface area contributed by atoms with Gasteiger partial charge in [0, 0.05) is 36.1 Å². The Hall–Kier alpha value is -3.58. The van der Waals surface area contributed by atoms with Crippen LogP contribution in [-0.2, 0) is 22.7 Å². The number of anilines is 4. The smallest absolute Gasteiger partial charge is 0.366 e. The van der Waals surface area contributed by atoms with Crippen LogP contribution < -0.4 is 20.7 Å². The molecular formula is C22H22ClF3N6O3S. The van der Waals surface area contributed by atoms with Crippen molar-refractivity contribution in [3.8, 4) is 0 Å². The first-order valence-electron chi connectivity index (χ1n) is 10.2. The number of nitrogens with zero attached hydrogens (tertiary/aromatic N) is 3. The van der Waals surface area contributed by atoms with E-state index in [-0.39, 0.29) is 28.8 Å². The lowest BCUT2D eigenvalue weighted by atomic mass is 10.1. The minimum absolute atomic E-state index is 0.167.